The van der Waals surface area contributed by atoms with Crippen molar-refractivity contribution >= 4 is 40.2 Å². The fourth-order valence-corrected chi connectivity index (χ4v) is 4.61. The van der Waals surface area contributed by atoms with Crippen molar-refractivity contribution < 1.29 is 14.6 Å². The molecule has 0 bridgehead atoms. The van der Waals surface area contributed by atoms with Gasteiger partial charge in [0.25, 0.3) is 5.91 Å². The molecule has 3 N–H and O–H groups in total. The van der Waals surface area contributed by atoms with Crippen LogP contribution in [0, 0.1) is 0 Å². The molecule has 0 saturated carbocycles. The minimum absolute atomic E-state index is 0.0107. The van der Waals surface area contributed by atoms with Crippen LogP contribution in [0.2, 0.25) is 0 Å². The first-order valence-corrected chi connectivity index (χ1v) is 10.4. The zero-order chi connectivity index (χ0) is 19.9. The van der Waals surface area contributed by atoms with Crippen LogP contribution in [0.1, 0.15) is 23.2 Å². The predicted molar refractivity (Wildman–Crippen MR) is 111 cm³/mol. The van der Waals surface area contributed by atoms with E-state index in [0.717, 1.165) is 47.7 Å². The normalized spacial score (nSPS) is 16.8. The Hall–Kier alpha value is -2.29. The summed E-state index contributed by atoms with van der Waals surface area (Å²) < 4.78 is 7.64. The highest BCUT2D eigenvalue weighted by Crippen LogP contribution is 2.37. The van der Waals surface area contributed by atoms with Crippen LogP contribution in [0.3, 0.4) is 0 Å². The third-order valence-corrected chi connectivity index (χ3v) is 6.43. The number of aliphatic hydroxyl groups excluding tert-OH is 1. The van der Waals surface area contributed by atoms with Crippen molar-refractivity contribution in [1.29, 1.82) is 0 Å². The lowest BCUT2D eigenvalue weighted by atomic mass is 9.92. The first kappa shape index (κ1) is 19.0. The molecule has 1 saturated heterocycles. The number of imidazole rings is 1. The minimum Gasteiger partial charge on any atom is -0.393 e. The van der Waals surface area contributed by atoms with E-state index >= 15 is 0 Å². The number of piperidine rings is 1. The second kappa shape index (κ2) is 7.27. The SMILES string of the molecule is COC1(CO)CCN(c2c(SC)cc(C(N)=O)c3nc4ccccc4n23)CC1. The average molecular weight is 401 g/mol. The van der Waals surface area contributed by atoms with Gasteiger partial charge in [0.05, 0.1) is 28.8 Å². The molecule has 1 aliphatic heterocycles. The van der Waals surface area contributed by atoms with Crippen molar-refractivity contribution in [3.05, 3.63) is 35.9 Å². The highest BCUT2D eigenvalue weighted by Gasteiger charge is 2.35. The quantitative estimate of drug-likeness (QED) is 0.639. The Morgan fingerprint density at radius 2 is 2.07 bits per heavy atom. The average Bonchev–Trinajstić information content (AvgIpc) is 3.12. The molecule has 1 aromatic carbocycles. The lowest BCUT2D eigenvalue weighted by molar-refractivity contribution is -0.0674. The predicted octanol–water partition coefficient (Wildman–Crippen LogP) is 2.29. The Bertz CT molecular complexity index is 1030. The van der Waals surface area contributed by atoms with Crippen molar-refractivity contribution in [3.8, 4) is 0 Å². The van der Waals surface area contributed by atoms with Gasteiger partial charge in [0.1, 0.15) is 5.82 Å². The number of aliphatic hydroxyl groups is 1. The van der Waals surface area contributed by atoms with Gasteiger partial charge in [-0.2, -0.15) is 0 Å². The standard InChI is InChI=1S/C20H24N4O3S/c1-27-20(12-25)7-9-23(10-8-20)19-16(28-2)11-13(17(21)26)18-22-14-5-3-4-6-15(14)24(18)19/h3-6,11,25H,7-10,12H2,1-2H3,(H2,21,26). The Labute approximate surface area is 167 Å². The topological polar surface area (TPSA) is 93.1 Å². The Balaban J connectivity index is 1.93. The number of fused-ring (bicyclic) bond motifs is 3. The highest BCUT2D eigenvalue weighted by atomic mass is 32.2. The number of benzene rings is 1. The second-order valence-electron chi connectivity index (χ2n) is 7.11. The van der Waals surface area contributed by atoms with E-state index in [1.165, 1.54) is 0 Å². The zero-order valence-corrected chi connectivity index (χ0v) is 16.8. The summed E-state index contributed by atoms with van der Waals surface area (Å²) >= 11 is 1.58. The third kappa shape index (κ3) is 2.92. The van der Waals surface area contributed by atoms with E-state index in [9.17, 15) is 9.90 Å². The van der Waals surface area contributed by atoms with E-state index in [-0.39, 0.29) is 6.61 Å². The molecular weight excluding hydrogens is 376 g/mol. The van der Waals surface area contributed by atoms with Crippen LogP contribution < -0.4 is 10.6 Å². The van der Waals surface area contributed by atoms with E-state index < -0.39 is 11.5 Å². The fraction of sp³-hybridized carbons (Fsp3) is 0.400. The number of rotatable bonds is 5. The molecule has 1 fully saturated rings. The molecule has 8 heteroatoms. The summed E-state index contributed by atoms with van der Waals surface area (Å²) in [6, 6.07) is 9.68. The molecule has 1 aliphatic rings. The van der Waals surface area contributed by atoms with Crippen molar-refractivity contribution in [2.45, 2.75) is 23.3 Å². The number of methoxy groups -OCH3 is 1. The molecule has 0 atom stereocenters. The van der Waals surface area contributed by atoms with Crippen LogP contribution in [-0.2, 0) is 4.74 Å². The number of para-hydroxylation sites is 2. The molecule has 2 aromatic heterocycles. The number of pyridine rings is 1. The van der Waals surface area contributed by atoms with Crippen LogP contribution in [0.5, 0.6) is 0 Å². The molecule has 0 unspecified atom stereocenters. The van der Waals surface area contributed by atoms with E-state index in [2.05, 4.69) is 9.88 Å². The monoisotopic (exact) mass is 400 g/mol. The maximum absolute atomic E-state index is 12.1. The van der Waals surface area contributed by atoms with Crippen molar-refractivity contribution in [2.24, 2.45) is 5.73 Å². The minimum atomic E-state index is -0.487. The Morgan fingerprint density at radius 1 is 1.36 bits per heavy atom. The summed E-state index contributed by atoms with van der Waals surface area (Å²) in [6.07, 6.45) is 3.44. The van der Waals surface area contributed by atoms with Crippen LogP contribution >= 0.6 is 11.8 Å². The molecule has 1 amide bonds. The van der Waals surface area contributed by atoms with E-state index in [0.29, 0.717) is 11.2 Å². The molecule has 0 aliphatic carbocycles. The van der Waals surface area contributed by atoms with Gasteiger partial charge >= 0.3 is 0 Å². The molecular formula is C20H24N4O3S. The number of carbonyl (C=O) groups is 1. The number of hydrogen-bond donors (Lipinski definition) is 2. The van der Waals surface area contributed by atoms with Crippen LogP contribution in [0.25, 0.3) is 16.7 Å². The largest absolute Gasteiger partial charge is 0.393 e. The molecule has 0 radical (unpaired) electrons. The second-order valence-corrected chi connectivity index (χ2v) is 7.95. The zero-order valence-electron chi connectivity index (χ0n) is 16.0. The van der Waals surface area contributed by atoms with Gasteiger partial charge in [-0.25, -0.2) is 4.98 Å². The molecule has 7 nitrogen and oxygen atoms in total. The molecule has 148 valence electrons. The molecule has 0 spiro atoms. The number of primary amides is 1. The van der Waals surface area contributed by atoms with E-state index in [1.807, 2.05) is 41.0 Å². The lowest BCUT2D eigenvalue weighted by Gasteiger charge is -2.41. The number of carbonyl (C=O) groups excluding carboxylic acids is 1. The van der Waals surface area contributed by atoms with Gasteiger partial charge in [-0.05, 0) is 37.3 Å². The van der Waals surface area contributed by atoms with Gasteiger partial charge in [-0.15, -0.1) is 11.8 Å². The first-order chi connectivity index (χ1) is 13.5. The maximum atomic E-state index is 12.1. The molecule has 3 aromatic rings. The van der Waals surface area contributed by atoms with Crippen LogP contribution in [0.15, 0.2) is 35.2 Å². The van der Waals surface area contributed by atoms with Crippen molar-refractivity contribution in [1.82, 2.24) is 9.38 Å². The molecule has 4 rings (SSSR count). The maximum Gasteiger partial charge on any atom is 0.252 e. The summed E-state index contributed by atoms with van der Waals surface area (Å²) in [5.41, 5.74) is 7.94. The third-order valence-electron chi connectivity index (χ3n) is 5.69. The number of thioether (sulfide) groups is 1. The summed E-state index contributed by atoms with van der Waals surface area (Å²) in [5.74, 6) is 0.517. The summed E-state index contributed by atoms with van der Waals surface area (Å²) in [7, 11) is 1.66. The number of amides is 1. The molecule has 28 heavy (non-hydrogen) atoms. The number of nitrogens with two attached hydrogens (primary N) is 1. The smallest absolute Gasteiger partial charge is 0.252 e. The first-order valence-electron chi connectivity index (χ1n) is 9.22. The highest BCUT2D eigenvalue weighted by molar-refractivity contribution is 7.98. The van der Waals surface area contributed by atoms with Gasteiger partial charge in [-0.3, -0.25) is 9.20 Å². The van der Waals surface area contributed by atoms with Gasteiger partial charge in [0.2, 0.25) is 0 Å². The van der Waals surface area contributed by atoms with Crippen molar-refractivity contribution in [3.63, 3.8) is 0 Å². The van der Waals surface area contributed by atoms with Crippen LogP contribution in [-0.4, -0.2) is 59.1 Å². The fourth-order valence-electron chi connectivity index (χ4n) is 3.97. The number of hydrogen-bond acceptors (Lipinski definition) is 6. The van der Waals surface area contributed by atoms with Gasteiger partial charge in [0, 0.05) is 25.1 Å². The number of ether oxygens (including phenoxy) is 1. The van der Waals surface area contributed by atoms with Gasteiger partial charge in [0.15, 0.2) is 5.65 Å². The number of aromatic nitrogens is 2. The summed E-state index contributed by atoms with van der Waals surface area (Å²) in [6.45, 7) is 1.48. The van der Waals surface area contributed by atoms with Crippen LogP contribution in [0.4, 0.5) is 5.82 Å². The Morgan fingerprint density at radius 3 is 2.68 bits per heavy atom. The van der Waals surface area contributed by atoms with E-state index in [4.69, 9.17) is 10.5 Å². The Kier molecular flexibility index (Phi) is 4.95. The van der Waals surface area contributed by atoms with Crippen molar-refractivity contribution in [2.75, 3.05) is 38.0 Å². The summed E-state index contributed by atoms with van der Waals surface area (Å²) in [4.78, 5) is 20.1. The van der Waals surface area contributed by atoms with Gasteiger partial charge in [-0.1, -0.05) is 12.1 Å². The molecule has 3 heterocycles. The lowest BCUT2D eigenvalue weighted by Crippen LogP contribution is -2.48. The summed E-state index contributed by atoms with van der Waals surface area (Å²) in [5, 5.41) is 9.76. The number of nitrogens with zero attached hydrogens (tertiary/aromatic N) is 3. The number of anilines is 1. The van der Waals surface area contributed by atoms with E-state index in [1.54, 1.807) is 18.9 Å². The van der Waals surface area contributed by atoms with Gasteiger partial charge < -0.3 is 20.5 Å².